The van der Waals surface area contributed by atoms with E-state index in [1.807, 2.05) is 0 Å². The average molecular weight is 139 g/mol. The first kappa shape index (κ1) is 7.58. The average Bonchev–Trinajstić information content (AvgIpc) is 2.05. The minimum absolute atomic E-state index is 0.732. The number of likely N-dealkylation sites (tertiary alicyclic amines) is 1. The zero-order valence-electron chi connectivity index (χ0n) is 6.34. The quantitative estimate of drug-likeness (QED) is 0.456. The summed E-state index contributed by atoms with van der Waals surface area (Å²) >= 11 is 0. The van der Waals surface area contributed by atoms with Gasteiger partial charge in [-0.15, -0.1) is 0 Å². The van der Waals surface area contributed by atoms with Crippen LogP contribution < -0.4 is 0 Å². The van der Waals surface area contributed by atoms with Crippen molar-refractivity contribution < 1.29 is 0 Å². The number of hydrogen-bond donors (Lipinski definition) is 1. The Morgan fingerprint density at radius 3 is 3.10 bits per heavy atom. The lowest BCUT2D eigenvalue weighted by Crippen LogP contribution is -2.33. The molecule has 57 valence electrons. The largest absolute Gasteiger partial charge is 0.363 e. The van der Waals surface area contributed by atoms with E-state index in [0.29, 0.717) is 0 Å². The zero-order chi connectivity index (χ0) is 7.40. The molecular formula is C8H15N2. The molecule has 0 aromatic carbocycles. The van der Waals surface area contributed by atoms with Crippen LogP contribution in [0.1, 0.15) is 19.3 Å². The van der Waals surface area contributed by atoms with E-state index in [-0.39, 0.29) is 0 Å². The predicted molar refractivity (Wildman–Crippen MR) is 43.1 cm³/mol. The molecule has 0 aliphatic carbocycles. The Kier molecular flexibility index (Phi) is 2.72. The van der Waals surface area contributed by atoms with Gasteiger partial charge in [-0.25, -0.2) is 0 Å². The Balaban J connectivity index is 2.31. The third-order valence-corrected chi connectivity index (χ3v) is 2.14. The molecule has 0 amide bonds. The number of hydrogen-bond acceptors (Lipinski definition) is 1. The van der Waals surface area contributed by atoms with Crippen molar-refractivity contribution in [1.29, 1.82) is 5.41 Å². The van der Waals surface area contributed by atoms with Crippen molar-refractivity contribution in [3.8, 4) is 0 Å². The third-order valence-electron chi connectivity index (χ3n) is 2.14. The first-order valence-electron chi connectivity index (χ1n) is 3.90. The maximum atomic E-state index is 7.04. The van der Waals surface area contributed by atoms with Crippen molar-refractivity contribution in [2.45, 2.75) is 19.3 Å². The summed E-state index contributed by atoms with van der Waals surface area (Å²) in [5, 5.41) is 7.04. The Morgan fingerprint density at radius 1 is 1.70 bits per heavy atom. The Labute approximate surface area is 62.7 Å². The van der Waals surface area contributed by atoms with Gasteiger partial charge in [0.15, 0.2) is 0 Å². The van der Waals surface area contributed by atoms with Gasteiger partial charge in [0, 0.05) is 13.1 Å². The summed E-state index contributed by atoms with van der Waals surface area (Å²) in [5.74, 6) is 0.732. The molecule has 1 N–H and O–H groups in total. The molecule has 0 spiro atoms. The molecular weight excluding hydrogens is 124 g/mol. The Morgan fingerprint density at radius 2 is 2.50 bits per heavy atom. The molecule has 1 rings (SSSR count). The van der Waals surface area contributed by atoms with Crippen LogP contribution in [0, 0.1) is 18.3 Å². The number of piperidine rings is 1. The van der Waals surface area contributed by atoms with Crippen LogP contribution in [0.15, 0.2) is 0 Å². The summed E-state index contributed by atoms with van der Waals surface area (Å²) in [6, 6.07) is 0. The van der Waals surface area contributed by atoms with Gasteiger partial charge in [0.05, 0.1) is 6.34 Å². The van der Waals surface area contributed by atoms with Crippen LogP contribution in [-0.2, 0) is 0 Å². The summed E-state index contributed by atoms with van der Waals surface area (Å²) in [4.78, 5) is 2.07. The van der Waals surface area contributed by atoms with E-state index in [0.717, 1.165) is 25.4 Å². The molecule has 1 aliphatic rings. The summed E-state index contributed by atoms with van der Waals surface area (Å²) < 4.78 is 0. The van der Waals surface area contributed by atoms with Crippen molar-refractivity contribution >= 4 is 6.34 Å². The molecule has 2 heteroatoms. The monoisotopic (exact) mass is 139 g/mol. The molecule has 1 saturated heterocycles. The van der Waals surface area contributed by atoms with Gasteiger partial charge in [-0.1, -0.05) is 6.92 Å². The van der Waals surface area contributed by atoms with Crippen LogP contribution in [0.5, 0.6) is 0 Å². The SMILES string of the molecule is [CH2]C[C@@H]1CCCN(C=N)C1. The van der Waals surface area contributed by atoms with Crippen molar-refractivity contribution in [2.24, 2.45) is 5.92 Å². The Hall–Kier alpha value is -0.530. The number of nitrogens with zero attached hydrogens (tertiary/aromatic N) is 1. The summed E-state index contributed by atoms with van der Waals surface area (Å²) in [6.07, 6.45) is 5.00. The second kappa shape index (κ2) is 3.59. The highest BCUT2D eigenvalue weighted by molar-refractivity contribution is 5.50. The fourth-order valence-corrected chi connectivity index (χ4v) is 1.45. The molecule has 1 atom stereocenters. The van der Waals surface area contributed by atoms with Crippen LogP contribution in [0.4, 0.5) is 0 Å². The first-order valence-corrected chi connectivity index (χ1v) is 3.90. The van der Waals surface area contributed by atoms with Crippen molar-refractivity contribution in [3.63, 3.8) is 0 Å². The summed E-state index contributed by atoms with van der Waals surface area (Å²) in [7, 11) is 0. The molecule has 1 aliphatic heterocycles. The molecule has 0 aromatic heterocycles. The second-order valence-corrected chi connectivity index (χ2v) is 2.92. The van der Waals surface area contributed by atoms with Gasteiger partial charge in [0.1, 0.15) is 0 Å². The second-order valence-electron chi connectivity index (χ2n) is 2.92. The van der Waals surface area contributed by atoms with Gasteiger partial charge < -0.3 is 4.90 Å². The predicted octanol–water partition coefficient (Wildman–Crippen LogP) is 1.53. The highest BCUT2D eigenvalue weighted by Crippen LogP contribution is 2.17. The van der Waals surface area contributed by atoms with Crippen LogP contribution >= 0.6 is 0 Å². The first-order chi connectivity index (χ1) is 4.86. The minimum Gasteiger partial charge on any atom is -0.363 e. The highest BCUT2D eigenvalue weighted by atomic mass is 15.1. The van der Waals surface area contributed by atoms with Gasteiger partial charge >= 0.3 is 0 Å². The molecule has 1 radical (unpaired) electrons. The Bertz CT molecular complexity index is 112. The maximum Gasteiger partial charge on any atom is 0.0817 e. The molecule has 0 bridgehead atoms. The van der Waals surface area contributed by atoms with E-state index in [9.17, 15) is 0 Å². The topological polar surface area (TPSA) is 27.1 Å². The smallest absolute Gasteiger partial charge is 0.0817 e. The summed E-state index contributed by atoms with van der Waals surface area (Å²) in [5.41, 5.74) is 0. The van der Waals surface area contributed by atoms with Gasteiger partial charge in [-0.3, -0.25) is 5.41 Å². The fourth-order valence-electron chi connectivity index (χ4n) is 1.45. The van der Waals surface area contributed by atoms with E-state index in [1.54, 1.807) is 0 Å². The molecule has 1 fully saturated rings. The van der Waals surface area contributed by atoms with E-state index < -0.39 is 0 Å². The lowest BCUT2D eigenvalue weighted by Gasteiger charge is -2.30. The normalized spacial score (nSPS) is 26.5. The minimum atomic E-state index is 0.732. The molecule has 0 aromatic rings. The van der Waals surface area contributed by atoms with E-state index in [1.165, 1.54) is 19.2 Å². The van der Waals surface area contributed by atoms with Crippen LogP contribution in [0.2, 0.25) is 0 Å². The molecule has 10 heavy (non-hydrogen) atoms. The van der Waals surface area contributed by atoms with Crippen LogP contribution in [0.25, 0.3) is 0 Å². The highest BCUT2D eigenvalue weighted by Gasteiger charge is 2.15. The lowest BCUT2D eigenvalue weighted by molar-refractivity contribution is 0.264. The fraction of sp³-hybridized carbons (Fsp3) is 0.750. The standard InChI is InChI=1S/C8H15N2/c1-2-8-4-3-5-10(6-8)7-9/h7-9H,1-6H2/t8-/m1/s1. The molecule has 0 unspecified atom stereocenters. The lowest BCUT2D eigenvalue weighted by atomic mass is 9.96. The zero-order valence-corrected chi connectivity index (χ0v) is 6.34. The van der Waals surface area contributed by atoms with Gasteiger partial charge in [-0.05, 0) is 25.2 Å². The molecule has 2 nitrogen and oxygen atoms in total. The summed E-state index contributed by atoms with van der Waals surface area (Å²) in [6.45, 7) is 5.99. The number of rotatable bonds is 2. The van der Waals surface area contributed by atoms with E-state index in [4.69, 9.17) is 5.41 Å². The molecule has 0 saturated carbocycles. The third kappa shape index (κ3) is 1.72. The van der Waals surface area contributed by atoms with Gasteiger partial charge in [0.2, 0.25) is 0 Å². The molecule has 1 heterocycles. The van der Waals surface area contributed by atoms with E-state index >= 15 is 0 Å². The number of nitrogens with one attached hydrogen (secondary N) is 1. The van der Waals surface area contributed by atoms with Crippen LogP contribution in [-0.4, -0.2) is 24.3 Å². The van der Waals surface area contributed by atoms with Gasteiger partial charge in [0.25, 0.3) is 0 Å². The van der Waals surface area contributed by atoms with E-state index in [2.05, 4.69) is 11.8 Å². The maximum absolute atomic E-state index is 7.04. The van der Waals surface area contributed by atoms with Crippen molar-refractivity contribution in [1.82, 2.24) is 4.90 Å². The van der Waals surface area contributed by atoms with Gasteiger partial charge in [-0.2, -0.15) is 0 Å². The van der Waals surface area contributed by atoms with Crippen LogP contribution in [0.3, 0.4) is 0 Å². The van der Waals surface area contributed by atoms with Crippen molar-refractivity contribution in [2.75, 3.05) is 13.1 Å². The van der Waals surface area contributed by atoms with Crippen molar-refractivity contribution in [3.05, 3.63) is 6.92 Å².